The van der Waals surface area contributed by atoms with Gasteiger partial charge in [-0.2, -0.15) is 5.10 Å². The van der Waals surface area contributed by atoms with Crippen LogP contribution in [0.15, 0.2) is 30.8 Å². The minimum atomic E-state index is -0.983. The Balaban J connectivity index is 1.68. The lowest BCUT2D eigenvalue weighted by Crippen LogP contribution is -2.40. The topological polar surface area (TPSA) is 113 Å². The molecule has 10 heteroatoms. The normalized spacial score (nSPS) is 24.0. The molecule has 0 amide bonds. The molecule has 1 aromatic heterocycles. The van der Waals surface area contributed by atoms with Gasteiger partial charge < -0.3 is 30.7 Å². The molecule has 1 saturated carbocycles. The van der Waals surface area contributed by atoms with Gasteiger partial charge in [-0.25, -0.2) is 9.07 Å². The van der Waals surface area contributed by atoms with Crippen molar-refractivity contribution < 1.29 is 13.9 Å². The third-order valence-corrected chi connectivity index (χ3v) is 7.53. The Hall–Kier alpha value is -2.95. The van der Waals surface area contributed by atoms with Crippen molar-refractivity contribution in [2.75, 3.05) is 46.5 Å². The number of halogens is 1. The molecule has 2 aromatic rings. The SMILES string of the molecule is C=C(NC(=CC(=N)N1CCOCC1)n1ncc2cc(C)c(C3CCNCC3F)c(C3(N)CC3)c21)OC. The number of piperidine rings is 1. The van der Waals surface area contributed by atoms with Crippen LogP contribution in [0.1, 0.15) is 41.9 Å². The maximum atomic E-state index is 15.3. The molecule has 0 bridgehead atoms. The summed E-state index contributed by atoms with van der Waals surface area (Å²) in [6.45, 7) is 9.53. The predicted octanol–water partition coefficient (Wildman–Crippen LogP) is 2.52. The maximum absolute atomic E-state index is 15.3. The Morgan fingerprint density at radius 3 is 2.83 bits per heavy atom. The zero-order valence-electron chi connectivity index (χ0n) is 21.1. The number of morpholine rings is 1. The number of aryl methyl sites for hydroxylation is 1. The van der Waals surface area contributed by atoms with Gasteiger partial charge in [-0.3, -0.25) is 5.41 Å². The summed E-state index contributed by atoms with van der Waals surface area (Å²) < 4.78 is 27.8. The monoisotopic (exact) mass is 497 g/mol. The molecule has 194 valence electrons. The van der Waals surface area contributed by atoms with Gasteiger partial charge in [-0.15, -0.1) is 0 Å². The summed E-state index contributed by atoms with van der Waals surface area (Å²) in [6, 6.07) is 2.08. The highest BCUT2D eigenvalue weighted by molar-refractivity contribution is 5.96. The molecule has 9 nitrogen and oxygen atoms in total. The third kappa shape index (κ3) is 4.60. The lowest BCUT2D eigenvalue weighted by atomic mass is 9.79. The van der Waals surface area contributed by atoms with Crippen LogP contribution in [0.5, 0.6) is 0 Å². The molecule has 1 aromatic carbocycles. The van der Waals surface area contributed by atoms with Crippen molar-refractivity contribution in [3.63, 3.8) is 0 Å². The Morgan fingerprint density at radius 1 is 1.42 bits per heavy atom. The smallest absolute Gasteiger partial charge is 0.184 e. The largest absolute Gasteiger partial charge is 0.483 e. The molecule has 3 heterocycles. The third-order valence-electron chi connectivity index (χ3n) is 7.53. The molecule has 2 saturated heterocycles. The molecule has 3 fully saturated rings. The number of hydrogen-bond acceptors (Lipinski definition) is 7. The number of methoxy groups -OCH3 is 1. The summed E-state index contributed by atoms with van der Waals surface area (Å²) in [5.74, 6) is 0.953. The highest BCUT2D eigenvalue weighted by atomic mass is 19.1. The molecule has 2 unspecified atom stereocenters. The second-order valence-electron chi connectivity index (χ2n) is 10.0. The second-order valence-corrected chi connectivity index (χ2v) is 10.0. The number of ether oxygens (including phenoxy) is 2. The van der Waals surface area contributed by atoms with E-state index in [-0.39, 0.29) is 5.92 Å². The minimum Gasteiger partial charge on any atom is -0.483 e. The van der Waals surface area contributed by atoms with Crippen LogP contribution in [0.3, 0.4) is 0 Å². The molecule has 0 spiro atoms. The average Bonchev–Trinajstić information content (AvgIpc) is 3.49. The van der Waals surface area contributed by atoms with Crippen molar-refractivity contribution in [2.45, 2.75) is 43.8 Å². The maximum Gasteiger partial charge on any atom is 0.184 e. The molecule has 1 aliphatic carbocycles. The van der Waals surface area contributed by atoms with Crippen molar-refractivity contribution in [3.05, 3.63) is 47.5 Å². The van der Waals surface area contributed by atoms with Gasteiger partial charge in [0.1, 0.15) is 17.8 Å². The highest BCUT2D eigenvalue weighted by Crippen LogP contribution is 2.50. The fourth-order valence-corrected chi connectivity index (χ4v) is 5.42. The summed E-state index contributed by atoms with van der Waals surface area (Å²) in [6.07, 6.45) is 4.94. The van der Waals surface area contributed by atoms with E-state index in [1.807, 2.05) is 11.8 Å². The molecule has 0 radical (unpaired) electrons. The summed E-state index contributed by atoms with van der Waals surface area (Å²) in [4.78, 5) is 1.96. The van der Waals surface area contributed by atoms with Gasteiger partial charge in [0.05, 0.1) is 32.0 Å². The van der Waals surface area contributed by atoms with Crippen molar-refractivity contribution in [2.24, 2.45) is 5.73 Å². The molecular formula is C26H36FN7O2. The number of benzene rings is 1. The van der Waals surface area contributed by atoms with E-state index in [4.69, 9.17) is 25.7 Å². The van der Waals surface area contributed by atoms with Gasteiger partial charge in [0.25, 0.3) is 0 Å². The van der Waals surface area contributed by atoms with E-state index in [1.165, 1.54) is 7.11 Å². The number of amidine groups is 1. The van der Waals surface area contributed by atoms with Crippen LogP contribution in [-0.4, -0.2) is 73.2 Å². The van der Waals surface area contributed by atoms with E-state index in [9.17, 15) is 0 Å². The van der Waals surface area contributed by atoms with Crippen molar-refractivity contribution in [1.29, 1.82) is 5.41 Å². The summed E-state index contributed by atoms with van der Waals surface area (Å²) in [7, 11) is 1.53. The van der Waals surface area contributed by atoms with Crippen molar-refractivity contribution in [1.82, 2.24) is 25.3 Å². The number of nitrogens with zero attached hydrogens (tertiary/aromatic N) is 3. The fraction of sp³-hybridized carbons (Fsp3) is 0.538. The van der Waals surface area contributed by atoms with Gasteiger partial charge in [-0.05, 0) is 56.5 Å². The van der Waals surface area contributed by atoms with E-state index >= 15 is 4.39 Å². The van der Waals surface area contributed by atoms with E-state index < -0.39 is 11.7 Å². The second kappa shape index (κ2) is 9.84. The predicted molar refractivity (Wildman–Crippen MR) is 138 cm³/mol. The van der Waals surface area contributed by atoms with Crippen LogP contribution in [0, 0.1) is 12.3 Å². The van der Waals surface area contributed by atoms with Crippen molar-refractivity contribution in [3.8, 4) is 0 Å². The first-order chi connectivity index (χ1) is 17.3. The minimum absolute atomic E-state index is 0.226. The van der Waals surface area contributed by atoms with Crippen LogP contribution >= 0.6 is 0 Å². The van der Waals surface area contributed by atoms with E-state index in [0.29, 0.717) is 56.8 Å². The van der Waals surface area contributed by atoms with E-state index in [1.54, 1.807) is 17.0 Å². The lowest BCUT2D eigenvalue weighted by Gasteiger charge is -2.32. The number of fused-ring (bicyclic) bond motifs is 1. The summed E-state index contributed by atoms with van der Waals surface area (Å²) in [5.41, 5.74) is 10.2. The number of nitrogens with two attached hydrogens (primary N) is 1. The summed E-state index contributed by atoms with van der Waals surface area (Å²) in [5, 5.41) is 20.7. The van der Waals surface area contributed by atoms with E-state index in [0.717, 1.165) is 47.0 Å². The first-order valence-corrected chi connectivity index (χ1v) is 12.6. The van der Waals surface area contributed by atoms with Crippen LogP contribution in [-0.2, 0) is 15.0 Å². The molecule has 36 heavy (non-hydrogen) atoms. The van der Waals surface area contributed by atoms with Crippen LogP contribution in [0.4, 0.5) is 4.39 Å². The quantitative estimate of drug-likeness (QED) is 0.264. The Labute approximate surface area is 211 Å². The van der Waals surface area contributed by atoms with Crippen molar-refractivity contribution >= 4 is 22.6 Å². The van der Waals surface area contributed by atoms with Gasteiger partial charge in [-0.1, -0.05) is 0 Å². The molecule has 5 rings (SSSR count). The highest BCUT2D eigenvalue weighted by Gasteiger charge is 2.46. The van der Waals surface area contributed by atoms with Gasteiger partial charge in [0, 0.05) is 48.1 Å². The van der Waals surface area contributed by atoms with Gasteiger partial charge in [0.15, 0.2) is 5.88 Å². The molecule has 3 aliphatic rings. The number of aromatic nitrogens is 2. The lowest BCUT2D eigenvalue weighted by molar-refractivity contribution is 0.0681. The zero-order chi connectivity index (χ0) is 25.4. The molecule has 2 atom stereocenters. The number of alkyl halides is 1. The first-order valence-electron chi connectivity index (χ1n) is 12.6. The number of hydrogen-bond donors (Lipinski definition) is 4. The number of nitrogens with one attached hydrogen (secondary N) is 3. The zero-order valence-corrected chi connectivity index (χ0v) is 21.1. The van der Waals surface area contributed by atoms with Crippen LogP contribution in [0.2, 0.25) is 0 Å². The van der Waals surface area contributed by atoms with E-state index in [2.05, 4.69) is 23.3 Å². The average molecular weight is 498 g/mol. The molecule has 2 aliphatic heterocycles. The summed E-state index contributed by atoms with van der Waals surface area (Å²) >= 11 is 0. The Morgan fingerprint density at radius 2 is 2.17 bits per heavy atom. The van der Waals surface area contributed by atoms with Crippen LogP contribution < -0.4 is 16.4 Å². The molecular weight excluding hydrogens is 461 g/mol. The fourth-order valence-electron chi connectivity index (χ4n) is 5.42. The standard InChI is InChI=1S/C26H36FN7O2/c1-16-12-18-14-31-34(22(32-17(2)35-3)13-21(28)33-8-10-36-11-9-33)25(18)24(26(29)5-6-26)23(16)19-4-7-30-15-20(19)27/h12-14,19-20,28,30,32H,2,4-11,15,29H2,1,3H3. The number of rotatable bonds is 7. The molecule has 5 N–H and O–H groups in total. The van der Waals surface area contributed by atoms with Crippen LogP contribution in [0.25, 0.3) is 16.7 Å². The van der Waals surface area contributed by atoms with Gasteiger partial charge >= 0.3 is 0 Å². The Bertz CT molecular complexity index is 1200. The first kappa shape index (κ1) is 24.7. The Kier molecular flexibility index (Phi) is 6.76. The van der Waals surface area contributed by atoms with Gasteiger partial charge in [0.2, 0.25) is 0 Å².